The summed E-state index contributed by atoms with van der Waals surface area (Å²) in [6.07, 6.45) is 5.86. The lowest BCUT2D eigenvalue weighted by atomic mass is 9.80. The lowest BCUT2D eigenvalue weighted by Crippen LogP contribution is -2.40. The van der Waals surface area contributed by atoms with Gasteiger partial charge in [-0.2, -0.15) is 0 Å². The molecular formula is C30H40O6Si. The SMILES string of the molecule is C=C1/C(=C/C(=O)OCc2ccccc2)CC/C([Si](C)(C)C)=C\[C@@H]2CC(C(=O)OCC)(C(=O)OCC)C[C@H]12. The molecule has 0 radical (unpaired) electrons. The molecule has 0 amide bonds. The van der Waals surface area contributed by atoms with E-state index in [0.717, 1.165) is 23.1 Å². The first kappa shape index (κ1) is 28.6. The highest BCUT2D eigenvalue weighted by Crippen LogP contribution is 2.53. The predicted octanol–water partition coefficient (Wildman–Crippen LogP) is 5.95. The van der Waals surface area contributed by atoms with Crippen LogP contribution in [0.25, 0.3) is 0 Å². The Morgan fingerprint density at radius 1 is 0.973 bits per heavy atom. The van der Waals surface area contributed by atoms with Gasteiger partial charge in [-0.25, -0.2) is 4.79 Å². The van der Waals surface area contributed by atoms with Crippen LogP contribution in [0.1, 0.15) is 45.1 Å². The van der Waals surface area contributed by atoms with Gasteiger partial charge in [0.25, 0.3) is 0 Å². The van der Waals surface area contributed by atoms with E-state index < -0.39 is 31.4 Å². The summed E-state index contributed by atoms with van der Waals surface area (Å²) in [5.74, 6) is -1.76. The van der Waals surface area contributed by atoms with Crippen molar-refractivity contribution in [2.75, 3.05) is 13.2 Å². The van der Waals surface area contributed by atoms with Gasteiger partial charge in [0.1, 0.15) is 6.61 Å². The summed E-state index contributed by atoms with van der Waals surface area (Å²) in [5.41, 5.74) is 1.14. The number of hydrogen-bond acceptors (Lipinski definition) is 6. The number of benzene rings is 1. The van der Waals surface area contributed by atoms with E-state index in [4.69, 9.17) is 14.2 Å². The number of fused-ring (bicyclic) bond motifs is 1. The van der Waals surface area contributed by atoms with E-state index >= 15 is 0 Å². The van der Waals surface area contributed by atoms with Gasteiger partial charge in [-0.3, -0.25) is 9.59 Å². The Morgan fingerprint density at radius 3 is 2.16 bits per heavy atom. The van der Waals surface area contributed by atoms with Crippen LogP contribution < -0.4 is 0 Å². The lowest BCUT2D eigenvalue weighted by molar-refractivity contribution is -0.172. The average molecular weight is 525 g/mol. The molecule has 1 fully saturated rings. The third kappa shape index (κ3) is 6.69. The summed E-state index contributed by atoms with van der Waals surface area (Å²) < 4.78 is 16.3. The molecule has 0 bridgehead atoms. The quantitative estimate of drug-likeness (QED) is 0.137. The third-order valence-corrected chi connectivity index (χ3v) is 9.76. The van der Waals surface area contributed by atoms with Crippen molar-refractivity contribution >= 4 is 26.0 Å². The zero-order chi connectivity index (χ0) is 27.2. The molecule has 6 nitrogen and oxygen atoms in total. The van der Waals surface area contributed by atoms with Crippen LogP contribution in [0, 0.1) is 17.3 Å². The highest BCUT2D eigenvalue weighted by Gasteiger charge is 2.58. The van der Waals surface area contributed by atoms with E-state index in [9.17, 15) is 14.4 Å². The summed E-state index contributed by atoms with van der Waals surface area (Å²) >= 11 is 0. The molecule has 0 N–H and O–H groups in total. The van der Waals surface area contributed by atoms with Gasteiger partial charge in [-0.05, 0) is 68.1 Å². The van der Waals surface area contributed by atoms with Gasteiger partial charge in [0, 0.05) is 6.08 Å². The summed E-state index contributed by atoms with van der Waals surface area (Å²) in [6, 6.07) is 9.55. The van der Waals surface area contributed by atoms with Crippen LogP contribution in [-0.4, -0.2) is 39.2 Å². The van der Waals surface area contributed by atoms with E-state index in [1.54, 1.807) is 19.9 Å². The largest absolute Gasteiger partial charge is 0.465 e. The Kier molecular flexibility index (Phi) is 9.34. The Hall–Kier alpha value is -2.93. The monoisotopic (exact) mass is 524 g/mol. The third-order valence-electron chi connectivity index (χ3n) is 7.42. The first-order valence-electron chi connectivity index (χ1n) is 13.2. The van der Waals surface area contributed by atoms with Crippen LogP contribution in [0.5, 0.6) is 0 Å². The van der Waals surface area contributed by atoms with Crippen molar-refractivity contribution in [1.29, 1.82) is 0 Å². The van der Waals surface area contributed by atoms with Gasteiger partial charge in [0.15, 0.2) is 5.41 Å². The first-order chi connectivity index (χ1) is 17.5. The van der Waals surface area contributed by atoms with Gasteiger partial charge >= 0.3 is 17.9 Å². The number of ether oxygens (including phenoxy) is 3. The zero-order valence-corrected chi connectivity index (χ0v) is 23.8. The van der Waals surface area contributed by atoms with Crippen molar-refractivity contribution < 1.29 is 28.6 Å². The molecule has 2 aliphatic rings. The number of esters is 3. The van der Waals surface area contributed by atoms with E-state index in [0.29, 0.717) is 12.8 Å². The number of carbonyl (C=O) groups excluding carboxylic acids is 3. The van der Waals surface area contributed by atoms with Gasteiger partial charge in [-0.15, -0.1) is 0 Å². The Bertz CT molecular complexity index is 1060. The molecule has 0 aliphatic heterocycles. The maximum absolute atomic E-state index is 13.2. The fourth-order valence-corrected chi connectivity index (χ4v) is 6.97. The van der Waals surface area contributed by atoms with Crippen LogP contribution in [0.15, 0.2) is 65.4 Å². The van der Waals surface area contributed by atoms with Crippen molar-refractivity contribution in [3.8, 4) is 0 Å². The fourth-order valence-electron chi connectivity index (χ4n) is 5.38. The molecule has 2 aliphatic carbocycles. The number of carbonyl (C=O) groups is 3. The van der Waals surface area contributed by atoms with E-state index in [2.05, 4.69) is 32.3 Å². The second-order valence-electron chi connectivity index (χ2n) is 10.9. The molecule has 37 heavy (non-hydrogen) atoms. The maximum Gasteiger partial charge on any atom is 0.331 e. The first-order valence-corrected chi connectivity index (χ1v) is 16.7. The molecular weight excluding hydrogens is 484 g/mol. The summed E-state index contributed by atoms with van der Waals surface area (Å²) in [4.78, 5) is 39.2. The minimum absolute atomic E-state index is 0.0768. The lowest BCUT2D eigenvalue weighted by Gasteiger charge is -2.30. The molecule has 1 aromatic rings. The second-order valence-corrected chi connectivity index (χ2v) is 16.1. The molecule has 7 heteroatoms. The number of hydrogen-bond donors (Lipinski definition) is 0. The summed E-state index contributed by atoms with van der Waals surface area (Å²) in [5, 5.41) is 1.36. The van der Waals surface area contributed by atoms with Gasteiger partial charge in [-0.1, -0.05) is 67.8 Å². The van der Waals surface area contributed by atoms with Gasteiger partial charge in [0.2, 0.25) is 0 Å². The van der Waals surface area contributed by atoms with Crippen LogP contribution in [-0.2, 0) is 35.2 Å². The molecule has 0 saturated heterocycles. The van der Waals surface area contributed by atoms with Crippen molar-refractivity contribution in [2.45, 2.75) is 65.8 Å². The fraction of sp³-hybridized carbons (Fsp3) is 0.500. The number of rotatable bonds is 8. The van der Waals surface area contributed by atoms with Crippen LogP contribution in [0.2, 0.25) is 19.6 Å². The van der Waals surface area contributed by atoms with Gasteiger partial charge < -0.3 is 14.2 Å². The predicted molar refractivity (Wildman–Crippen MR) is 146 cm³/mol. The molecule has 0 spiro atoms. The topological polar surface area (TPSA) is 78.9 Å². The average Bonchev–Trinajstić information content (AvgIpc) is 3.24. The molecule has 2 atom stereocenters. The summed E-state index contributed by atoms with van der Waals surface area (Å²) in [7, 11) is -1.70. The normalized spacial score (nSPS) is 23.8. The van der Waals surface area contributed by atoms with Crippen molar-refractivity contribution in [2.24, 2.45) is 17.3 Å². The molecule has 0 heterocycles. The molecule has 0 unspecified atom stereocenters. The minimum Gasteiger partial charge on any atom is -0.465 e. The van der Waals surface area contributed by atoms with E-state index in [1.807, 2.05) is 30.3 Å². The smallest absolute Gasteiger partial charge is 0.331 e. The minimum atomic E-state index is -1.70. The van der Waals surface area contributed by atoms with E-state index in [-0.39, 0.29) is 38.1 Å². The molecule has 3 rings (SSSR count). The highest BCUT2D eigenvalue weighted by atomic mass is 28.3. The molecule has 1 saturated carbocycles. The molecule has 0 aromatic heterocycles. The second kappa shape index (κ2) is 12.1. The highest BCUT2D eigenvalue weighted by molar-refractivity contribution is 6.83. The number of allylic oxidation sites excluding steroid dienone is 4. The molecule has 200 valence electrons. The van der Waals surface area contributed by atoms with Crippen molar-refractivity contribution in [3.63, 3.8) is 0 Å². The Balaban J connectivity index is 1.96. The molecule has 1 aromatic carbocycles. The Morgan fingerprint density at radius 2 is 1.59 bits per heavy atom. The zero-order valence-electron chi connectivity index (χ0n) is 22.8. The Labute approximate surface area is 221 Å². The maximum atomic E-state index is 13.2. The van der Waals surface area contributed by atoms with Gasteiger partial charge in [0.05, 0.1) is 21.3 Å². The van der Waals surface area contributed by atoms with Crippen LogP contribution in [0.3, 0.4) is 0 Å². The van der Waals surface area contributed by atoms with Crippen molar-refractivity contribution in [3.05, 3.63) is 71.0 Å². The summed E-state index contributed by atoms with van der Waals surface area (Å²) in [6.45, 7) is 15.3. The van der Waals surface area contributed by atoms with Crippen LogP contribution in [0.4, 0.5) is 0 Å². The van der Waals surface area contributed by atoms with E-state index in [1.165, 1.54) is 5.20 Å². The van der Waals surface area contributed by atoms with Crippen LogP contribution >= 0.6 is 0 Å². The standard InChI is InChI=1S/C30H40O6Si/c1-7-34-28(32)30(29(33)35-8-2)18-24-16-25(37(4,5)6)15-14-23(21(3)26(24)19-30)17-27(31)36-20-22-12-10-9-11-13-22/h9-13,16-17,24,26H,3,7-8,14-15,18-20H2,1-2,4-6H3/b23-17+,25-16+/t24-,26-/m1/s1. The van der Waals surface area contributed by atoms with Crippen molar-refractivity contribution in [1.82, 2.24) is 0 Å².